The van der Waals surface area contributed by atoms with Crippen LogP contribution in [0, 0.1) is 0 Å². The predicted octanol–water partition coefficient (Wildman–Crippen LogP) is 2.03. The molecule has 25 heavy (non-hydrogen) atoms. The first-order valence-corrected chi connectivity index (χ1v) is 8.28. The number of hydrogen-bond acceptors (Lipinski definition) is 5. The molecule has 1 amide bonds. The molecule has 0 aliphatic carbocycles. The van der Waals surface area contributed by atoms with Gasteiger partial charge in [0.25, 0.3) is 5.56 Å². The minimum atomic E-state index is -0.707. The van der Waals surface area contributed by atoms with Gasteiger partial charge in [0.15, 0.2) is 0 Å². The van der Waals surface area contributed by atoms with Gasteiger partial charge in [0.05, 0.1) is 16.9 Å². The van der Waals surface area contributed by atoms with Gasteiger partial charge in [-0.15, -0.1) is 0 Å². The molecule has 1 aromatic rings. The Kier molecular flexibility index (Phi) is 4.82. The number of hydrogen-bond donors (Lipinski definition) is 1. The summed E-state index contributed by atoms with van der Waals surface area (Å²) in [5.74, 6) is 0. The van der Waals surface area contributed by atoms with Crippen molar-refractivity contribution in [2.45, 2.75) is 65.3 Å². The van der Waals surface area contributed by atoms with Gasteiger partial charge in [0, 0.05) is 24.8 Å². The maximum atomic E-state index is 12.1. The molecular weight excluding hydrogens is 323 g/mol. The second-order valence-electron chi connectivity index (χ2n) is 8.31. The molecule has 1 aliphatic heterocycles. The number of nitrogens with one attached hydrogen (secondary N) is 1. The molecule has 0 atom stereocenters. The van der Waals surface area contributed by atoms with Crippen molar-refractivity contribution in [1.82, 2.24) is 4.57 Å². The van der Waals surface area contributed by atoms with Crippen LogP contribution in [-0.4, -0.2) is 34.6 Å². The van der Waals surface area contributed by atoms with Crippen LogP contribution < -0.4 is 16.3 Å². The maximum Gasteiger partial charge on any atom is 0.498 e. The van der Waals surface area contributed by atoms with E-state index in [2.05, 4.69) is 5.32 Å². The zero-order chi connectivity index (χ0) is 19.2. The molecule has 8 heteroatoms. The third kappa shape index (κ3) is 4.25. The summed E-state index contributed by atoms with van der Waals surface area (Å²) in [5, 5.41) is 2.63. The number of pyridine rings is 1. The lowest BCUT2D eigenvalue weighted by Crippen LogP contribution is -2.41. The first kappa shape index (κ1) is 19.5. The van der Waals surface area contributed by atoms with Crippen molar-refractivity contribution in [3.63, 3.8) is 0 Å². The molecular formula is C17H27BN2O5. The molecule has 2 rings (SSSR count). The van der Waals surface area contributed by atoms with E-state index in [9.17, 15) is 9.59 Å². The molecule has 1 aliphatic rings. The molecule has 2 heterocycles. The highest BCUT2D eigenvalue weighted by molar-refractivity contribution is 6.64. The number of carbonyl (C=O) groups excluding carboxylic acids is 1. The van der Waals surface area contributed by atoms with E-state index in [4.69, 9.17) is 14.0 Å². The first-order chi connectivity index (χ1) is 11.2. The van der Waals surface area contributed by atoms with E-state index < -0.39 is 30.0 Å². The van der Waals surface area contributed by atoms with Crippen molar-refractivity contribution >= 4 is 24.4 Å². The monoisotopic (exact) mass is 350 g/mol. The molecule has 1 fully saturated rings. The van der Waals surface area contributed by atoms with Crippen molar-refractivity contribution in [2.75, 3.05) is 5.32 Å². The average Bonchev–Trinajstić information content (AvgIpc) is 2.60. The molecule has 0 bridgehead atoms. The number of rotatable bonds is 2. The summed E-state index contributed by atoms with van der Waals surface area (Å²) in [4.78, 5) is 24.1. The third-order valence-corrected chi connectivity index (χ3v) is 4.40. The normalized spacial score (nSPS) is 19.0. The van der Waals surface area contributed by atoms with Gasteiger partial charge >= 0.3 is 13.2 Å². The maximum absolute atomic E-state index is 12.1. The topological polar surface area (TPSA) is 78.8 Å². The van der Waals surface area contributed by atoms with Crippen molar-refractivity contribution in [2.24, 2.45) is 7.05 Å². The minimum Gasteiger partial charge on any atom is -0.444 e. The van der Waals surface area contributed by atoms with Crippen molar-refractivity contribution < 1.29 is 18.8 Å². The van der Waals surface area contributed by atoms with Gasteiger partial charge in [-0.3, -0.25) is 10.1 Å². The molecule has 7 nitrogen and oxygen atoms in total. The van der Waals surface area contributed by atoms with Gasteiger partial charge in [-0.1, -0.05) is 0 Å². The molecule has 0 unspecified atom stereocenters. The van der Waals surface area contributed by atoms with E-state index in [0.717, 1.165) is 0 Å². The summed E-state index contributed by atoms with van der Waals surface area (Å²) in [6.07, 6.45) is 0.968. The largest absolute Gasteiger partial charge is 0.498 e. The second kappa shape index (κ2) is 6.18. The van der Waals surface area contributed by atoms with Crippen LogP contribution in [0.15, 0.2) is 17.1 Å². The molecule has 0 aromatic carbocycles. The molecule has 0 spiro atoms. The van der Waals surface area contributed by atoms with Gasteiger partial charge in [-0.05, 0) is 48.5 Å². The van der Waals surface area contributed by atoms with Crippen LogP contribution in [-0.2, 0) is 21.1 Å². The van der Waals surface area contributed by atoms with Crippen LogP contribution in [0.5, 0.6) is 0 Å². The summed E-state index contributed by atoms with van der Waals surface area (Å²) >= 11 is 0. The fourth-order valence-corrected chi connectivity index (χ4v) is 2.33. The molecule has 0 saturated carbocycles. The van der Waals surface area contributed by atoms with Crippen LogP contribution in [0.2, 0.25) is 0 Å². The fourth-order valence-electron chi connectivity index (χ4n) is 2.33. The van der Waals surface area contributed by atoms with Gasteiger partial charge in [0.1, 0.15) is 5.60 Å². The highest BCUT2D eigenvalue weighted by atomic mass is 16.7. The molecule has 138 valence electrons. The SMILES string of the molecule is Cn1cc(B2OC(C)(C)C(C)(C)O2)c(NC(=O)OC(C)(C)C)cc1=O. The Labute approximate surface area is 148 Å². The first-order valence-electron chi connectivity index (χ1n) is 8.28. The van der Waals surface area contributed by atoms with Gasteiger partial charge in [0.2, 0.25) is 0 Å². The smallest absolute Gasteiger partial charge is 0.444 e. The number of anilines is 1. The quantitative estimate of drug-likeness (QED) is 0.826. The second-order valence-corrected chi connectivity index (χ2v) is 8.31. The molecule has 1 saturated heterocycles. The minimum absolute atomic E-state index is 0.258. The lowest BCUT2D eigenvalue weighted by Gasteiger charge is -2.32. The van der Waals surface area contributed by atoms with E-state index in [1.807, 2.05) is 27.7 Å². The highest BCUT2D eigenvalue weighted by Gasteiger charge is 2.52. The third-order valence-electron chi connectivity index (χ3n) is 4.40. The number of aromatic nitrogens is 1. The summed E-state index contributed by atoms with van der Waals surface area (Å²) in [6, 6.07) is 1.34. The van der Waals surface area contributed by atoms with Crippen molar-refractivity contribution in [3.05, 3.63) is 22.6 Å². The van der Waals surface area contributed by atoms with Crippen LogP contribution in [0.25, 0.3) is 0 Å². The Morgan fingerprint density at radius 3 is 2.20 bits per heavy atom. The fraction of sp³-hybridized carbons (Fsp3) is 0.647. The van der Waals surface area contributed by atoms with Crippen LogP contribution in [0.1, 0.15) is 48.5 Å². The van der Waals surface area contributed by atoms with E-state index in [1.165, 1.54) is 10.6 Å². The number of ether oxygens (including phenoxy) is 1. The Balaban J connectivity index is 2.37. The Hall–Kier alpha value is -1.80. The van der Waals surface area contributed by atoms with E-state index >= 15 is 0 Å². The number of nitrogens with zero attached hydrogens (tertiary/aromatic N) is 1. The predicted molar refractivity (Wildman–Crippen MR) is 97.3 cm³/mol. The standard InChI is InChI=1S/C17H27BN2O5/c1-15(2,3)23-14(22)19-12-9-13(21)20(8)10-11(12)18-24-16(4,5)17(6,7)25-18/h9-10H,1-8H3,(H,19,22). The molecule has 1 N–H and O–H groups in total. The number of carbonyl (C=O) groups is 1. The Bertz CT molecular complexity index is 718. The van der Waals surface area contributed by atoms with Crippen LogP contribution in [0.4, 0.5) is 10.5 Å². The van der Waals surface area contributed by atoms with E-state index in [1.54, 1.807) is 34.0 Å². The lowest BCUT2D eigenvalue weighted by molar-refractivity contribution is 0.00578. The zero-order valence-corrected chi connectivity index (χ0v) is 16.2. The lowest BCUT2D eigenvalue weighted by atomic mass is 9.79. The van der Waals surface area contributed by atoms with Gasteiger partial charge in [-0.25, -0.2) is 4.79 Å². The summed E-state index contributed by atoms with van der Waals surface area (Å²) in [7, 11) is 0.927. The van der Waals surface area contributed by atoms with Crippen LogP contribution >= 0.6 is 0 Å². The van der Waals surface area contributed by atoms with E-state index in [0.29, 0.717) is 11.2 Å². The summed E-state index contributed by atoms with van der Waals surface area (Å²) in [5.41, 5.74) is -1.09. The molecule has 0 radical (unpaired) electrons. The highest BCUT2D eigenvalue weighted by Crippen LogP contribution is 2.36. The molecule has 1 aromatic heterocycles. The van der Waals surface area contributed by atoms with Crippen molar-refractivity contribution in [1.29, 1.82) is 0 Å². The van der Waals surface area contributed by atoms with E-state index in [-0.39, 0.29) is 5.56 Å². The van der Waals surface area contributed by atoms with Gasteiger partial charge in [-0.2, -0.15) is 0 Å². The van der Waals surface area contributed by atoms with Crippen molar-refractivity contribution in [3.8, 4) is 0 Å². The van der Waals surface area contributed by atoms with Crippen LogP contribution in [0.3, 0.4) is 0 Å². The van der Waals surface area contributed by atoms with Gasteiger partial charge < -0.3 is 18.6 Å². The zero-order valence-electron chi connectivity index (χ0n) is 16.2. The Morgan fingerprint density at radius 2 is 1.72 bits per heavy atom. The number of aryl methyl sites for hydroxylation is 1. The summed E-state index contributed by atoms with van der Waals surface area (Å²) < 4.78 is 18.8. The Morgan fingerprint density at radius 1 is 1.20 bits per heavy atom. The average molecular weight is 350 g/mol. The summed E-state index contributed by atoms with van der Waals surface area (Å²) in [6.45, 7) is 13.1. The number of amides is 1.